The lowest BCUT2D eigenvalue weighted by Crippen LogP contribution is -2.40. The molecule has 5 rings (SSSR count). The van der Waals surface area contributed by atoms with Gasteiger partial charge in [-0.2, -0.15) is 9.41 Å². The standard InChI is InChI=1S/C22H24N4O3S2/c27-31(28,26-10-12-29-13-11-26)20-8-6-19(7-9-20)23-22-25-24-21(15-30-22)18-5-4-16-2-1-3-17(16)14-18/h4-9,14H,1-3,10-13,15H2,(H,23,25). The van der Waals surface area contributed by atoms with Crippen molar-refractivity contribution in [2.24, 2.45) is 10.1 Å². The molecule has 1 saturated heterocycles. The quantitative estimate of drug-likeness (QED) is 0.765. The summed E-state index contributed by atoms with van der Waals surface area (Å²) in [5.74, 6) is 0.744. The SMILES string of the molecule is O=S(=O)(c1ccc(N=C2NN=C(c3ccc4c(c3)CCC4)CS2)cc1)N1CCOCC1. The van der Waals surface area contributed by atoms with Gasteiger partial charge in [-0.05, 0) is 66.3 Å². The lowest BCUT2D eigenvalue weighted by atomic mass is 10.0. The van der Waals surface area contributed by atoms with Gasteiger partial charge in [0.15, 0.2) is 5.17 Å². The molecule has 1 fully saturated rings. The number of morpholine rings is 1. The van der Waals surface area contributed by atoms with Gasteiger partial charge in [0, 0.05) is 18.8 Å². The Labute approximate surface area is 186 Å². The Morgan fingerprint density at radius 3 is 2.55 bits per heavy atom. The average Bonchev–Trinajstić information content (AvgIpc) is 3.29. The molecule has 1 N–H and O–H groups in total. The van der Waals surface area contributed by atoms with Gasteiger partial charge < -0.3 is 4.74 Å². The number of rotatable bonds is 4. The van der Waals surface area contributed by atoms with Gasteiger partial charge in [0.05, 0.1) is 29.5 Å². The molecule has 0 unspecified atom stereocenters. The number of aryl methyl sites for hydroxylation is 2. The zero-order valence-electron chi connectivity index (χ0n) is 17.1. The molecule has 3 aliphatic rings. The first-order valence-corrected chi connectivity index (χ1v) is 12.9. The number of ether oxygens (including phenoxy) is 1. The van der Waals surface area contributed by atoms with Crippen molar-refractivity contribution < 1.29 is 13.2 Å². The van der Waals surface area contributed by atoms with E-state index in [-0.39, 0.29) is 4.90 Å². The monoisotopic (exact) mass is 456 g/mol. The molecule has 162 valence electrons. The van der Waals surface area contributed by atoms with Crippen LogP contribution in [0.2, 0.25) is 0 Å². The molecule has 1 aliphatic carbocycles. The number of thioether (sulfide) groups is 1. The first-order valence-electron chi connectivity index (χ1n) is 10.4. The molecule has 2 heterocycles. The maximum absolute atomic E-state index is 12.7. The zero-order valence-corrected chi connectivity index (χ0v) is 18.7. The molecule has 0 saturated carbocycles. The van der Waals surface area contributed by atoms with Gasteiger partial charge in [-0.1, -0.05) is 23.9 Å². The van der Waals surface area contributed by atoms with Crippen molar-refractivity contribution in [3.05, 3.63) is 59.2 Å². The van der Waals surface area contributed by atoms with Crippen LogP contribution < -0.4 is 5.43 Å². The molecule has 0 radical (unpaired) electrons. The Kier molecular flexibility index (Phi) is 5.83. The number of nitrogens with one attached hydrogen (secondary N) is 1. The second-order valence-electron chi connectivity index (χ2n) is 7.72. The third-order valence-corrected chi connectivity index (χ3v) is 8.53. The number of hydrazone groups is 1. The third-order valence-electron chi connectivity index (χ3n) is 5.74. The molecular weight excluding hydrogens is 432 g/mol. The predicted octanol–water partition coefficient (Wildman–Crippen LogP) is 2.92. The Hall–Kier alpha value is -2.20. The largest absolute Gasteiger partial charge is 0.379 e. The highest BCUT2D eigenvalue weighted by Crippen LogP contribution is 2.26. The first kappa shape index (κ1) is 20.7. The molecule has 0 atom stereocenters. The Morgan fingerprint density at radius 2 is 1.81 bits per heavy atom. The van der Waals surface area contributed by atoms with Crippen LogP contribution in [0.3, 0.4) is 0 Å². The Balaban J connectivity index is 1.27. The van der Waals surface area contributed by atoms with Gasteiger partial charge in [-0.15, -0.1) is 0 Å². The molecule has 2 aromatic carbocycles. The fourth-order valence-corrected chi connectivity index (χ4v) is 6.21. The van der Waals surface area contributed by atoms with E-state index in [1.54, 1.807) is 36.0 Å². The van der Waals surface area contributed by atoms with Crippen molar-refractivity contribution in [3.8, 4) is 0 Å². The zero-order chi connectivity index (χ0) is 21.3. The highest BCUT2D eigenvalue weighted by molar-refractivity contribution is 8.14. The Bertz CT molecular complexity index is 1140. The normalized spacial score (nSPS) is 20.9. The fourth-order valence-electron chi connectivity index (χ4n) is 4.02. The van der Waals surface area contributed by atoms with Gasteiger partial charge in [0.25, 0.3) is 0 Å². The van der Waals surface area contributed by atoms with E-state index in [0.29, 0.717) is 37.2 Å². The summed E-state index contributed by atoms with van der Waals surface area (Å²) >= 11 is 1.59. The number of benzene rings is 2. The van der Waals surface area contributed by atoms with E-state index in [9.17, 15) is 8.42 Å². The third kappa shape index (κ3) is 4.41. The molecule has 0 aromatic heterocycles. The van der Waals surface area contributed by atoms with Crippen LogP contribution in [0.25, 0.3) is 0 Å². The summed E-state index contributed by atoms with van der Waals surface area (Å²) in [4.78, 5) is 4.85. The van der Waals surface area contributed by atoms with Crippen LogP contribution in [0.4, 0.5) is 5.69 Å². The summed E-state index contributed by atoms with van der Waals surface area (Å²) in [7, 11) is -3.49. The number of sulfonamides is 1. The second kappa shape index (κ2) is 8.74. The van der Waals surface area contributed by atoms with Crippen molar-refractivity contribution in [2.45, 2.75) is 24.2 Å². The second-order valence-corrected chi connectivity index (χ2v) is 10.6. The van der Waals surface area contributed by atoms with E-state index >= 15 is 0 Å². The lowest BCUT2D eigenvalue weighted by molar-refractivity contribution is 0.0730. The van der Waals surface area contributed by atoms with Crippen LogP contribution >= 0.6 is 11.8 Å². The summed E-state index contributed by atoms with van der Waals surface area (Å²) in [6, 6.07) is 13.3. The van der Waals surface area contributed by atoms with Crippen molar-refractivity contribution in [1.29, 1.82) is 0 Å². The van der Waals surface area contributed by atoms with Gasteiger partial charge in [-0.3, -0.25) is 5.43 Å². The van der Waals surface area contributed by atoms with Crippen LogP contribution in [-0.2, 0) is 27.6 Å². The minimum absolute atomic E-state index is 0.277. The summed E-state index contributed by atoms with van der Waals surface area (Å²) in [6.45, 7) is 1.64. The maximum Gasteiger partial charge on any atom is 0.243 e. The highest BCUT2D eigenvalue weighted by atomic mass is 32.2. The highest BCUT2D eigenvalue weighted by Gasteiger charge is 2.26. The summed E-state index contributed by atoms with van der Waals surface area (Å²) < 4.78 is 32.2. The molecular formula is C22H24N4O3S2. The van der Waals surface area contributed by atoms with Crippen LogP contribution in [0.15, 0.2) is 57.5 Å². The van der Waals surface area contributed by atoms with Crippen molar-refractivity contribution in [3.63, 3.8) is 0 Å². The lowest BCUT2D eigenvalue weighted by Gasteiger charge is -2.26. The summed E-state index contributed by atoms with van der Waals surface area (Å²) in [5, 5.41) is 5.22. The minimum atomic E-state index is -3.49. The summed E-state index contributed by atoms with van der Waals surface area (Å²) in [6.07, 6.45) is 3.57. The number of hydrogen-bond donors (Lipinski definition) is 1. The molecule has 2 aromatic rings. The van der Waals surface area contributed by atoms with Crippen LogP contribution in [0, 0.1) is 0 Å². The van der Waals surface area contributed by atoms with Gasteiger partial charge >= 0.3 is 0 Å². The van der Waals surface area contributed by atoms with Gasteiger partial charge in [-0.25, -0.2) is 13.4 Å². The minimum Gasteiger partial charge on any atom is -0.379 e. The number of nitrogens with zero attached hydrogens (tertiary/aromatic N) is 3. The predicted molar refractivity (Wildman–Crippen MR) is 124 cm³/mol. The molecule has 9 heteroatoms. The molecule has 0 bridgehead atoms. The Morgan fingerprint density at radius 1 is 1.03 bits per heavy atom. The van der Waals surface area contributed by atoms with E-state index in [1.165, 1.54) is 28.3 Å². The summed E-state index contributed by atoms with van der Waals surface area (Å²) in [5.41, 5.74) is 8.81. The average molecular weight is 457 g/mol. The molecule has 0 spiro atoms. The molecule has 7 nitrogen and oxygen atoms in total. The molecule has 31 heavy (non-hydrogen) atoms. The van der Waals surface area contributed by atoms with Crippen molar-refractivity contribution in [1.82, 2.24) is 9.73 Å². The first-order chi connectivity index (χ1) is 15.1. The smallest absolute Gasteiger partial charge is 0.243 e. The molecule has 0 amide bonds. The fraction of sp³-hybridized carbons (Fsp3) is 0.364. The van der Waals surface area contributed by atoms with Gasteiger partial charge in [0.1, 0.15) is 0 Å². The number of fused-ring (bicyclic) bond motifs is 1. The number of hydrogen-bond acceptors (Lipinski definition) is 6. The topological polar surface area (TPSA) is 83.4 Å². The van der Waals surface area contributed by atoms with E-state index < -0.39 is 10.0 Å². The van der Waals surface area contributed by atoms with Crippen LogP contribution in [0.5, 0.6) is 0 Å². The van der Waals surface area contributed by atoms with E-state index in [2.05, 4.69) is 33.7 Å². The van der Waals surface area contributed by atoms with Crippen molar-refractivity contribution in [2.75, 3.05) is 32.1 Å². The maximum atomic E-state index is 12.7. The van der Waals surface area contributed by atoms with Crippen LogP contribution in [0.1, 0.15) is 23.1 Å². The van der Waals surface area contributed by atoms with E-state index in [1.807, 2.05) is 0 Å². The van der Waals surface area contributed by atoms with Gasteiger partial charge in [0.2, 0.25) is 10.0 Å². The number of aliphatic imine (C=N–C) groups is 1. The number of amidine groups is 1. The van der Waals surface area contributed by atoms with E-state index in [4.69, 9.17) is 4.74 Å². The van der Waals surface area contributed by atoms with E-state index in [0.717, 1.165) is 23.4 Å². The molecule has 2 aliphatic heterocycles. The van der Waals surface area contributed by atoms with Crippen LogP contribution in [-0.4, -0.2) is 55.7 Å². The van der Waals surface area contributed by atoms with Crippen molar-refractivity contribution >= 4 is 38.4 Å².